The van der Waals surface area contributed by atoms with Crippen LogP contribution in [-0.2, 0) is 6.42 Å². The minimum Gasteiger partial charge on any atom is -0.302 e. The number of hydrogen-bond donors (Lipinski definition) is 0. The highest BCUT2D eigenvalue weighted by Gasteiger charge is 2.10. The molecule has 1 aromatic heterocycles. The lowest BCUT2D eigenvalue weighted by atomic mass is 10.1. The van der Waals surface area contributed by atoms with E-state index < -0.39 is 0 Å². The highest BCUT2D eigenvalue weighted by Crippen LogP contribution is 2.20. The summed E-state index contributed by atoms with van der Waals surface area (Å²) < 4.78 is 1.99. The SMILES string of the molecule is CCc1nccn1-c1c(C)cccc1C#N. The van der Waals surface area contributed by atoms with E-state index in [0.717, 1.165) is 23.5 Å². The topological polar surface area (TPSA) is 41.6 Å². The lowest BCUT2D eigenvalue weighted by molar-refractivity contribution is 0.884. The van der Waals surface area contributed by atoms with Gasteiger partial charge in [-0.15, -0.1) is 0 Å². The quantitative estimate of drug-likeness (QED) is 0.766. The van der Waals surface area contributed by atoms with E-state index in [1.165, 1.54) is 0 Å². The van der Waals surface area contributed by atoms with Gasteiger partial charge in [0.1, 0.15) is 11.9 Å². The molecule has 2 rings (SSSR count). The normalized spacial score (nSPS) is 10.1. The van der Waals surface area contributed by atoms with Gasteiger partial charge >= 0.3 is 0 Å². The third kappa shape index (κ3) is 1.59. The number of para-hydroxylation sites is 1. The Labute approximate surface area is 95.0 Å². The Morgan fingerprint density at radius 1 is 1.44 bits per heavy atom. The fourth-order valence-corrected chi connectivity index (χ4v) is 1.87. The van der Waals surface area contributed by atoms with Gasteiger partial charge < -0.3 is 4.57 Å². The molecule has 0 radical (unpaired) electrons. The molecule has 0 atom stereocenters. The average Bonchev–Trinajstić information content (AvgIpc) is 2.76. The van der Waals surface area contributed by atoms with Crippen molar-refractivity contribution in [2.45, 2.75) is 20.3 Å². The van der Waals surface area contributed by atoms with Crippen LogP contribution in [0.15, 0.2) is 30.6 Å². The van der Waals surface area contributed by atoms with Crippen molar-refractivity contribution in [3.05, 3.63) is 47.5 Å². The molecule has 0 aliphatic carbocycles. The van der Waals surface area contributed by atoms with Crippen LogP contribution in [0.3, 0.4) is 0 Å². The van der Waals surface area contributed by atoms with E-state index in [0.29, 0.717) is 5.56 Å². The number of nitriles is 1. The summed E-state index contributed by atoms with van der Waals surface area (Å²) in [7, 11) is 0. The van der Waals surface area contributed by atoms with Crippen LogP contribution >= 0.6 is 0 Å². The Morgan fingerprint density at radius 3 is 2.94 bits per heavy atom. The molecule has 0 aliphatic rings. The first-order valence-corrected chi connectivity index (χ1v) is 5.30. The largest absolute Gasteiger partial charge is 0.302 e. The first kappa shape index (κ1) is 10.4. The summed E-state index contributed by atoms with van der Waals surface area (Å²) in [5.74, 6) is 0.978. The van der Waals surface area contributed by atoms with Crippen LogP contribution in [0.2, 0.25) is 0 Å². The Bertz CT molecular complexity index is 547. The summed E-state index contributed by atoms with van der Waals surface area (Å²) in [6.07, 6.45) is 4.53. The van der Waals surface area contributed by atoms with E-state index in [1.807, 2.05) is 35.9 Å². The van der Waals surface area contributed by atoms with Crippen molar-refractivity contribution in [3.8, 4) is 11.8 Å². The summed E-state index contributed by atoms with van der Waals surface area (Å²) >= 11 is 0. The first-order valence-electron chi connectivity index (χ1n) is 5.30. The average molecular weight is 211 g/mol. The zero-order chi connectivity index (χ0) is 11.5. The lowest BCUT2D eigenvalue weighted by Gasteiger charge is -2.11. The van der Waals surface area contributed by atoms with E-state index >= 15 is 0 Å². The molecule has 1 heterocycles. The van der Waals surface area contributed by atoms with Gasteiger partial charge in [-0.1, -0.05) is 19.1 Å². The molecular formula is C13H13N3. The van der Waals surface area contributed by atoms with E-state index in [1.54, 1.807) is 6.20 Å². The molecule has 0 saturated heterocycles. The van der Waals surface area contributed by atoms with Crippen molar-refractivity contribution < 1.29 is 0 Å². The first-order chi connectivity index (χ1) is 7.77. The van der Waals surface area contributed by atoms with Gasteiger partial charge in [0.2, 0.25) is 0 Å². The highest BCUT2D eigenvalue weighted by atomic mass is 15.1. The molecule has 16 heavy (non-hydrogen) atoms. The van der Waals surface area contributed by atoms with Crippen molar-refractivity contribution in [2.75, 3.05) is 0 Å². The van der Waals surface area contributed by atoms with Crippen LogP contribution in [-0.4, -0.2) is 9.55 Å². The van der Waals surface area contributed by atoms with Gasteiger partial charge in [-0.05, 0) is 18.6 Å². The van der Waals surface area contributed by atoms with Crippen molar-refractivity contribution in [1.29, 1.82) is 5.26 Å². The molecule has 0 unspecified atom stereocenters. The predicted octanol–water partition coefficient (Wildman–Crippen LogP) is 2.61. The maximum Gasteiger partial charge on any atom is 0.112 e. The fraction of sp³-hybridized carbons (Fsp3) is 0.231. The van der Waals surface area contributed by atoms with E-state index in [-0.39, 0.29) is 0 Å². The van der Waals surface area contributed by atoms with Crippen molar-refractivity contribution in [3.63, 3.8) is 0 Å². The van der Waals surface area contributed by atoms with Gasteiger partial charge in [-0.25, -0.2) is 4.98 Å². The van der Waals surface area contributed by atoms with Gasteiger partial charge in [-0.3, -0.25) is 0 Å². The molecule has 2 aromatic rings. The fourth-order valence-electron chi connectivity index (χ4n) is 1.87. The Morgan fingerprint density at radius 2 is 2.25 bits per heavy atom. The number of aryl methyl sites for hydroxylation is 2. The van der Waals surface area contributed by atoms with Gasteiger partial charge in [0.05, 0.1) is 11.3 Å². The number of hydrogen-bond acceptors (Lipinski definition) is 2. The van der Waals surface area contributed by atoms with Crippen LogP contribution in [0.4, 0.5) is 0 Å². The standard InChI is InChI=1S/C13H13N3/c1-3-12-15-7-8-16(12)13-10(2)5-4-6-11(13)9-14/h4-8H,3H2,1-2H3. The Balaban J connectivity index is 2.69. The van der Waals surface area contributed by atoms with Crippen molar-refractivity contribution in [1.82, 2.24) is 9.55 Å². The number of aromatic nitrogens is 2. The summed E-state index contributed by atoms with van der Waals surface area (Å²) in [4.78, 5) is 4.28. The number of benzene rings is 1. The monoisotopic (exact) mass is 211 g/mol. The summed E-state index contributed by atoms with van der Waals surface area (Å²) in [6, 6.07) is 7.97. The second-order valence-corrected chi connectivity index (χ2v) is 3.65. The van der Waals surface area contributed by atoms with Crippen LogP contribution in [0, 0.1) is 18.3 Å². The molecule has 0 aliphatic heterocycles. The van der Waals surface area contributed by atoms with E-state index in [2.05, 4.69) is 18.0 Å². The minimum atomic E-state index is 0.688. The molecule has 80 valence electrons. The van der Waals surface area contributed by atoms with Gasteiger partial charge in [-0.2, -0.15) is 5.26 Å². The maximum absolute atomic E-state index is 9.12. The molecule has 0 bridgehead atoms. The molecule has 0 amide bonds. The smallest absolute Gasteiger partial charge is 0.112 e. The van der Waals surface area contributed by atoms with Gasteiger partial charge in [0.15, 0.2) is 0 Å². The van der Waals surface area contributed by atoms with E-state index in [9.17, 15) is 0 Å². The minimum absolute atomic E-state index is 0.688. The number of imidazole rings is 1. The molecule has 0 N–H and O–H groups in total. The summed E-state index contributed by atoms with van der Waals surface area (Å²) in [6.45, 7) is 4.07. The van der Waals surface area contributed by atoms with Crippen LogP contribution < -0.4 is 0 Å². The van der Waals surface area contributed by atoms with Crippen molar-refractivity contribution >= 4 is 0 Å². The van der Waals surface area contributed by atoms with Gasteiger partial charge in [0, 0.05) is 18.8 Å². The van der Waals surface area contributed by atoms with Crippen LogP contribution in [0.5, 0.6) is 0 Å². The van der Waals surface area contributed by atoms with E-state index in [4.69, 9.17) is 5.26 Å². The van der Waals surface area contributed by atoms with Crippen LogP contribution in [0.1, 0.15) is 23.9 Å². The summed E-state index contributed by atoms with van der Waals surface area (Å²) in [5.41, 5.74) is 2.72. The lowest BCUT2D eigenvalue weighted by Crippen LogP contribution is -2.03. The molecule has 3 heteroatoms. The molecular weight excluding hydrogens is 198 g/mol. The molecule has 0 spiro atoms. The van der Waals surface area contributed by atoms with Crippen molar-refractivity contribution in [2.24, 2.45) is 0 Å². The Kier molecular flexibility index (Phi) is 2.74. The van der Waals surface area contributed by atoms with Gasteiger partial charge in [0.25, 0.3) is 0 Å². The second-order valence-electron chi connectivity index (χ2n) is 3.65. The molecule has 1 aromatic carbocycles. The predicted molar refractivity (Wildman–Crippen MR) is 62.4 cm³/mol. The van der Waals surface area contributed by atoms with Crippen LogP contribution in [0.25, 0.3) is 5.69 Å². The zero-order valence-electron chi connectivity index (χ0n) is 9.44. The molecule has 0 fully saturated rings. The highest BCUT2D eigenvalue weighted by molar-refractivity contribution is 5.54. The maximum atomic E-state index is 9.12. The second kappa shape index (κ2) is 4.19. The third-order valence-electron chi connectivity index (χ3n) is 2.63. The zero-order valence-corrected chi connectivity index (χ0v) is 9.44. The molecule has 3 nitrogen and oxygen atoms in total. The molecule has 0 saturated carbocycles. The number of nitrogens with zero attached hydrogens (tertiary/aromatic N) is 3. The number of rotatable bonds is 2. The third-order valence-corrected chi connectivity index (χ3v) is 2.63. The summed E-state index contributed by atoms with van der Waals surface area (Å²) in [5, 5.41) is 9.12. The Hall–Kier alpha value is -2.08.